The SMILES string of the molecule is [C-]#[N+]c1ccc(Cn2cncc2CSC(C)=O)cc1. The number of aromatic nitrogens is 2. The minimum atomic E-state index is 0.106. The zero-order chi connectivity index (χ0) is 13.7. The van der Waals surface area contributed by atoms with Gasteiger partial charge in [0.2, 0.25) is 0 Å². The molecule has 0 spiro atoms. The molecular weight excluding hydrogens is 258 g/mol. The van der Waals surface area contributed by atoms with E-state index in [-0.39, 0.29) is 5.12 Å². The van der Waals surface area contributed by atoms with Gasteiger partial charge in [-0.3, -0.25) is 4.79 Å². The van der Waals surface area contributed by atoms with Crippen molar-refractivity contribution in [2.24, 2.45) is 0 Å². The highest BCUT2D eigenvalue weighted by Gasteiger charge is 2.05. The summed E-state index contributed by atoms with van der Waals surface area (Å²) in [4.78, 5) is 18.5. The Kier molecular flexibility index (Phi) is 4.37. The molecule has 0 radical (unpaired) electrons. The number of imidazole rings is 1. The molecule has 0 N–H and O–H groups in total. The number of thioether (sulfide) groups is 1. The first-order valence-electron chi connectivity index (χ1n) is 5.78. The molecule has 0 atom stereocenters. The van der Waals surface area contributed by atoms with Gasteiger partial charge in [0, 0.05) is 31.1 Å². The summed E-state index contributed by atoms with van der Waals surface area (Å²) in [5, 5.41) is 0.106. The number of nitrogens with zero attached hydrogens (tertiary/aromatic N) is 3. The summed E-state index contributed by atoms with van der Waals surface area (Å²) in [6.45, 7) is 9.18. The topological polar surface area (TPSA) is 39.2 Å². The average molecular weight is 271 g/mol. The summed E-state index contributed by atoms with van der Waals surface area (Å²) in [7, 11) is 0. The molecule has 5 heteroatoms. The molecule has 0 aliphatic carbocycles. The van der Waals surface area contributed by atoms with Crippen LogP contribution in [0.15, 0.2) is 36.8 Å². The van der Waals surface area contributed by atoms with Crippen molar-refractivity contribution in [3.05, 3.63) is 59.5 Å². The Morgan fingerprint density at radius 3 is 2.79 bits per heavy atom. The lowest BCUT2D eigenvalue weighted by atomic mass is 10.2. The summed E-state index contributed by atoms with van der Waals surface area (Å²) >= 11 is 1.28. The largest absolute Gasteiger partial charge is 0.329 e. The second-order valence-electron chi connectivity index (χ2n) is 4.07. The lowest BCUT2D eigenvalue weighted by Crippen LogP contribution is -2.02. The van der Waals surface area contributed by atoms with Crippen molar-refractivity contribution < 1.29 is 4.79 Å². The van der Waals surface area contributed by atoms with Crippen LogP contribution in [0.4, 0.5) is 5.69 Å². The van der Waals surface area contributed by atoms with Crippen LogP contribution < -0.4 is 0 Å². The minimum absolute atomic E-state index is 0.106. The summed E-state index contributed by atoms with van der Waals surface area (Å²) in [6.07, 6.45) is 3.54. The first-order chi connectivity index (χ1) is 9.19. The van der Waals surface area contributed by atoms with Crippen LogP contribution in [0, 0.1) is 6.57 Å². The van der Waals surface area contributed by atoms with Crippen LogP contribution in [-0.2, 0) is 17.1 Å². The number of carbonyl (C=O) groups is 1. The fraction of sp³-hybridized carbons (Fsp3) is 0.214. The van der Waals surface area contributed by atoms with Crippen LogP contribution in [0.3, 0.4) is 0 Å². The van der Waals surface area contributed by atoms with E-state index in [4.69, 9.17) is 6.57 Å². The van der Waals surface area contributed by atoms with E-state index in [9.17, 15) is 4.79 Å². The normalized spacial score (nSPS) is 10.1. The molecule has 0 saturated carbocycles. The average Bonchev–Trinajstić information content (AvgIpc) is 2.84. The van der Waals surface area contributed by atoms with E-state index >= 15 is 0 Å². The van der Waals surface area contributed by atoms with Gasteiger partial charge in [-0.25, -0.2) is 9.83 Å². The van der Waals surface area contributed by atoms with Crippen molar-refractivity contribution >= 4 is 22.6 Å². The van der Waals surface area contributed by atoms with Crippen molar-refractivity contribution in [3.63, 3.8) is 0 Å². The molecule has 2 aromatic rings. The van der Waals surface area contributed by atoms with E-state index in [1.54, 1.807) is 19.4 Å². The zero-order valence-corrected chi connectivity index (χ0v) is 11.4. The smallest absolute Gasteiger partial charge is 0.187 e. The Labute approximate surface area is 116 Å². The highest BCUT2D eigenvalue weighted by molar-refractivity contribution is 8.12. The standard InChI is InChI=1S/C14H13N3OS/c1-11(18)19-9-14-7-16-10-17(14)8-12-3-5-13(15-2)6-4-12/h3-7,10H,8-9H2,1H3. The van der Waals surface area contributed by atoms with Gasteiger partial charge in [-0.05, 0) is 5.56 Å². The quantitative estimate of drug-likeness (QED) is 0.801. The molecule has 1 heterocycles. The molecule has 19 heavy (non-hydrogen) atoms. The Morgan fingerprint density at radius 2 is 2.16 bits per heavy atom. The summed E-state index contributed by atoms with van der Waals surface area (Å²) in [5.41, 5.74) is 2.77. The van der Waals surface area contributed by atoms with E-state index < -0.39 is 0 Å². The van der Waals surface area contributed by atoms with Gasteiger partial charge in [0.15, 0.2) is 10.8 Å². The van der Waals surface area contributed by atoms with Gasteiger partial charge in [-0.2, -0.15) is 0 Å². The van der Waals surface area contributed by atoms with Crippen LogP contribution in [0.25, 0.3) is 4.85 Å². The van der Waals surface area contributed by atoms with E-state index in [1.807, 2.05) is 28.8 Å². The molecular formula is C14H13N3OS. The maximum absolute atomic E-state index is 11.0. The molecule has 0 amide bonds. The van der Waals surface area contributed by atoms with E-state index in [1.165, 1.54) is 11.8 Å². The predicted octanol–water partition coefficient (Wildman–Crippen LogP) is 3.26. The predicted molar refractivity (Wildman–Crippen MR) is 76.0 cm³/mol. The first kappa shape index (κ1) is 13.4. The Hall–Kier alpha value is -2.06. The maximum atomic E-state index is 11.0. The summed E-state index contributed by atoms with van der Waals surface area (Å²) < 4.78 is 2.02. The summed E-state index contributed by atoms with van der Waals surface area (Å²) in [6, 6.07) is 7.50. The van der Waals surface area contributed by atoms with Crippen LogP contribution in [0.2, 0.25) is 0 Å². The van der Waals surface area contributed by atoms with E-state index in [0.29, 0.717) is 18.0 Å². The number of carbonyl (C=O) groups excluding carboxylic acids is 1. The van der Waals surface area contributed by atoms with Crippen molar-refractivity contribution in [1.82, 2.24) is 9.55 Å². The van der Waals surface area contributed by atoms with Gasteiger partial charge in [-0.15, -0.1) is 0 Å². The molecule has 1 aromatic heterocycles. The second-order valence-corrected chi connectivity index (χ2v) is 5.22. The first-order valence-corrected chi connectivity index (χ1v) is 6.76. The Bertz CT molecular complexity index is 610. The van der Waals surface area contributed by atoms with Crippen LogP contribution in [-0.4, -0.2) is 14.7 Å². The third kappa shape index (κ3) is 3.70. The second kappa shape index (κ2) is 6.21. The number of hydrogen-bond donors (Lipinski definition) is 0. The molecule has 0 aliphatic rings. The fourth-order valence-corrected chi connectivity index (χ4v) is 2.25. The van der Waals surface area contributed by atoms with Gasteiger partial charge in [0.05, 0.1) is 12.9 Å². The van der Waals surface area contributed by atoms with Crippen LogP contribution in [0.1, 0.15) is 18.2 Å². The Balaban J connectivity index is 2.08. The van der Waals surface area contributed by atoms with Crippen molar-refractivity contribution in [3.8, 4) is 0 Å². The molecule has 0 saturated heterocycles. The van der Waals surface area contributed by atoms with Crippen molar-refractivity contribution in [2.75, 3.05) is 0 Å². The maximum Gasteiger partial charge on any atom is 0.187 e. The van der Waals surface area contributed by atoms with Crippen LogP contribution in [0.5, 0.6) is 0 Å². The fourth-order valence-electron chi connectivity index (χ4n) is 1.66. The Morgan fingerprint density at radius 1 is 1.42 bits per heavy atom. The molecule has 1 aromatic carbocycles. The highest BCUT2D eigenvalue weighted by atomic mass is 32.2. The zero-order valence-electron chi connectivity index (χ0n) is 10.5. The van der Waals surface area contributed by atoms with Crippen molar-refractivity contribution in [1.29, 1.82) is 0 Å². The van der Waals surface area contributed by atoms with Crippen LogP contribution >= 0.6 is 11.8 Å². The highest BCUT2D eigenvalue weighted by Crippen LogP contribution is 2.16. The molecule has 4 nitrogen and oxygen atoms in total. The van der Waals surface area contributed by atoms with Gasteiger partial charge in [0.1, 0.15) is 0 Å². The number of hydrogen-bond acceptors (Lipinski definition) is 3. The van der Waals surface area contributed by atoms with Gasteiger partial charge in [0.25, 0.3) is 0 Å². The number of rotatable bonds is 4. The van der Waals surface area contributed by atoms with Gasteiger partial charge >= 0.3 is 0 Å². The molecule has 0 fully saturated rings. The van der Waals surface area contributed by atoms with Gasteiger partial charge < -0.3 is 4.57 Å². The van der Waals surface area contributed by atoms with Crippen molar-refractivity contribution in [2.45, 2.75) is 19.2 Å². The van der Waals surface area contributed by atoms with Gasteiger partial charge in [-0.1, -0.05) is 36.0 Å². The molecule has 0 unspecified atom stereocenters. The lowest BCUT2D eigenvalue weighted by Gasteiger charge is -2.07. The molecule has 0 aliphatic heterocycles. The van der Waals surface area contributed by atoms with E-state index in [0.717, 1.165) is 11.3 Å². The third-order valence-electron chi connectivity index (χ3n) is 2.64. The van der Waals surface area contributed by atoms with E-state index in [2.05, 4.69) is 9.83 Å². The molecule has 0 bridgehead atoms. The summed E-state index contributed by atoms with van der Waals surface area (Å²) in [5.74, 6) is 0.634. The molecule has 96 valence electrons. The third-order valence-corrected chi connectivity index (χ3v) is 3.49. The monoisotopic (exact) mass is 271 g/mol. The lowest BCUT2D eigenvalue weighted by molar-refractivity contribution is -0.109. The number of benzene rings is 1. The molecule has 2 rings (SSSR count). The minimum Gasteiger partial charge on any atom is -0.329 e.